The highest BCUT2D eigenvalue weighted by Crippen LogP contribution is 2.49. The van der Waals surface area contributed by atoms with E-state index in [1.54, 1.807) is 0 Å². The first-order chi connectivity index (χ1) is 3.92. The minimum absolute atomic E-state index is 0.121. The Labute approximate surface area is 56.1 Å². The molecule has 0 fully saturated rings. The Bertz CT molecular complexity index is 154. The molecule has 54 valence electrons. The standard InChI is InChI=1S/C2H7N2O3PS/c3-2(4)1-9-8(5,6)7/h1H2,(H3,3,4)(H2,5,6,7). The van der Waals surface area contributed by atoms with Crippen molar-refractivity contribution >= 4 is 24.0 Å². The molecular weight excluding hydrogens is 163 g/mol. The van der Waals surface area contributed by atoms with E-state index in [4.69, 9.17) is 20.9 Å². The van der Waals surface area contributed by atoms with Crippen molar-refractivity contribution in [3.63, 3.8) is 0 Å². The van der Waals surface area contributed by atoms with Crippen molar-refractivity contribution in [2.24, 2.45) is 5.73 Å². The summed E-state index contributed by atoms with van der Waals surface area (Å²) in [7, 11) is 0. The highest BCUT2D eigenvalue weighted by atomic mass is 32.7. The molecule has 0 aromatic carbocycles. The van der Waals surface area contributed by atoms with Gasteiger partial charge < -0.3 is 15.5 Å². The summed E-state index contributed by atoms with van der Waals surface area (Å²) in [4.78, 5) is 16.4. The van der Waals surface area contributed by atoms with Crippen LogP contribution in [-0.2, 0) is 4.57 Å². The van der Waals surface area contributed by atoms with Gasteiger partial charge in [-0.1, -0.05) is 0 Å². The Morgan fingerprint density at radius 1 is 1.78 bits per heavy atom. The highest BCUT2D eigenvalue weighted by molar-refractivity contribution is 8.54. The van der Waals surface area contributed by atoms with Crippen LogP contribution in [0.25, 0.3) is 0 Å². The van der Waals surface area contributed by atoms with Gasteiger partial charge in [0.05, 0.1) is 5.75 Å². The summed E-state index contributed by atoms with van der Waals surface area (Å²) in [6, 6.07) is 0. The first-order valence-corrected chi connectivity index (χ1v) is 5.15. The van der Waals surface area contributed by atoms with Crippen molar-refractivity contribution in [1.82, 2.24) is 0 Å². The predicted octanol–water partition coefficient (Wildman–Crippen LogP) is -0.252. The zero-order valence-electron chi connectivity index (χ0n) is 4.44. The van der Waals surface area contributed by atoms with Gasteiger partial charge in [0.25, 0.3) is 0 Å². The lowest BCUT2D eigenvalue weighted by Gasteiger charge is -1.99. The van der Waals surface area contributed by atoms with E-state index >= 15 is 0 Å². The van der Waals surface area contributed by atoms with E-state index in [1.165, 1.54) is 0 Å². The maximum atomic E-state index is 10.0. The van der Waals surface area contributed by atoms with Gasteiger partial charge in [-0.05, 0) is 11.4 Å². The van der Waals surface area contributed by atoms with Crippen LogP contribution in [0.2, 0.25) is 0 Å². The molecule has 0 spiro atoms. The normalized spacial score (nSPS) is 11.3. The minimum atomic E-state index is -4.02. The van der Waals surface area contributed by atoms with Gasteiger partial charge in [-0.3, -0.25) is 5.41 Å². The molecule has 0 aromatic rings. The van der Waals surface area contributed by atoms with E-state index in [0.29, 0.717) is 11.4 Å². The second kappa shape index (κ2) is 3.22. The number of nitrogens with one attached hydrogen (secondary N) is 1. The Morgan fingerprint density at radius 3 is 2.33 bits per heavy atom. The molecule has 0 heterocycles. The van der Waals surface area contributed by atoms with Gasteiger partial charge in [0.2, 0.25) is 0 Å². The van der Waals surface area contributed by atoms with Gasteiger partial charge in [0.15, 0.2) is 0 Å². The van der Waals surface area contributed by atoms with Gasteiger partial charge in [-0.25, -0.2) is 4.57 Å². The van der Waals surface area contributed by atoms with Crippen LogP contribution in [0.1, 0.15) is 0 Å². The van der Waals surface area contributed by atoms with Crippen LogP contribution in [0.5, 0.6) is 0 Å². The minimum Gasteiger partial charge on any atom is -0.387 e. The fourth-order valence-electron chi connectivity index (χ4n) is 0.154. The van der Waals surface area contributed by atoms with Crippen LogP contribution in [0.15, 0.2) is 0 Å². The van der Waals surface area contributed by atoms with Gasteiger partial charge in [0, 0.05) is 0 Å². The molecule has 0 radical (unpaired) electrons. The summed E-state index contributed by atoms with van der Waals surface area (Å²) >= 11 is 0.359. The second-order valence-corrected chi connectivity index (χ2v) is 5.02. The predicted molar refractivity (Wildman–Crippen MR) is 36.4 cm³/mol. The second-order valence-electron chi connectivity index (χ2n) is 1.29. The molecule has 9 heavy (non-hydrogen) atoms. The van der Waals surface area contributed by atoms with Crippen LogP contribution in [0.3, 0.4) is 0 Å². The van der Waals surface area contributed by atoms with Crippen molar-refractivity contribution in [3.05, 3.63) is 0 Å². The zero-order valence-corrected chi connectivity index (χ0v) is 6.15. The molecule has 0 aliphatic rings. The number of rotatable bonds is 3. The Balaban J connectivity index is 3.53. The van der Waals surface area contributed by atoms with Crippen LogP contribution >= 0.6 is 18.2 Å². The lowest BCUT2D eigenvalue weighted by atomic mass is 10.7. The Hall–Kier alpha value is -0.0300. The molecule has 0 bridgehead atoms. The van der Waals surface area contributed by atoms with Crippen molar-refractivity contribution in [2.45, 2.75) is 0 Å². The van der Waals surface area contributed by atoms with Crippen LogP contribution < -0.4 is 5.73 Å². The fourth-order valence-corrected chi connectivity index (χ4v) is 1.38. The zero-order chi connectivity index (χ0) is 7.49. The van der Waals surface area contributed by atoms with Crippen LogP contribution in [0, 0.1) is 5.41 Å². The van der Waals surface area contributed by atoms with Gasteiger partial charge >= 0.3 is 6.80 Å². The van der Waals surface area contributed by atoms with E-state index < -0.39 is 6.80 Å². The number of hydrogen-bond donors (Lipinski definition) is 4. The molecule has 0 unspecified atom stereocenters. The van der Waals surface area contributed by atoms with Crippen LogP contribution in [0.4, 0.5) is 0 Å². The SMILES string of the molecule is N=C(N)CSP(=O)(O)O. The summed E-state index contributed by atoms with van der Waals surface area (Å²) in [6.45, 7) is -4.02. The van der Waals surface area contributed by atoms with Crippen molar-refractivity contribution in [2.75, 3.05) is 5.75 Å². The molecule has 0 saturated heterocycles. The Kier molecular flexibility index (Phi) is 3.21. The molecular formula is C2H7N2O3PS. The van der Waals surface area contributed by atoms with E-state index in [0.717, 1.165) is 0 Å². The molecule has 0 saturated carbocycles. The van der Waals surface area contributed by atoms with Gasteiger partial charge in [0.1, 0.15) is 5.84 Å². The van der Waals surface area contributed by atoms with E-state index in [9.17, 15) is 4.57 Å². The first-order valence-electron chi connectivity index (χ1n) is 1.95. The highest BCUT2D eigenvalue weighted by Gasteiger charge is 2.13. The average Bonchev–Trinajstić information content (AvgIpc) is 1.59. The molecule has 0 rings (SSSR count). The number of hydrogen-bond acceptors (Lipinski definition) is 3. The lowest BCUT2D eigenvalue weighted by molar-refractivity contribution is 0.397. The molecule has 5 N–H and O–H groups in total. The van der Waals surface area contributed by atoms with Crippen molar-refractivity contribution in [3.8, 4) is 0 Å². The average molecular weight is 170 g/mol. The Morgan fingerprint density at radius 2 is 2.22 bits per heavy atom. The largest absolute Gasteiger partial charge is 0.387 e. The van der Waals surface area contributed by atoms with E-state index in [-0.39, 0.29) is 11.6 Å². The lowest BCUT2D eigenvalue weighted by Crippen LogP contribution is -2.11. The molecule has 0 aromatic heterocycles. The molecule has 5 nitrogen and oxygen atoms in total. The van der Waals surface area contributed by atoms with Crippen molar-refractivity contribution in [1.29, 1.82) is 5.41 Å². The third-order valence-electron chi connectivity index (χ3n) is 0.388. The van der Waals surface area contributed by atoms with E-state index in [2.05, 4.69) is 0 Å². The number of amidine groups is 1. The summed E-state index contributed by atoms with van der Waals surface area (Å²) in [5, 5.41) is 6.59. The maximum Gasteiger partial charge on any atom is 0.384 e. The van der Waals surface area contributed by atoms with Gasteiger partial charge in [-0.15, -0.1) is 0 Å². The monoisotopic (exact) mass is 170 g/mol. The third kappa shape index (κ3) is 7.97. The third-order valence-corrected chi connectivity index (χ3v) is 2.56. The molecule has 0 atom stereocenters. The van der Waals surface area contributed by atoms with Gasteiger partial charge in [-0.2, -0.15) is 0 Å². The smallest absolute Gasteiger partial charge is 0.384 e. The molecule has 0 amide bonds. The summed E-state index contributed by atoms with van der Waals surface area (Å²) in [5.41, 5.74) is 4.82. The summed E-state index contributed by atoms with van der Waals surface area (Å²) in [6.07, 6.45) is 0. The van der Waals surface area contributed by atoms with E-state index in [1.807, 2.05) is 0 Å². The molecule has 0 aliphatic carbocycles. The topological polar surface area (TPSA) is 107 Å². The van der Waals surface area contributed by atoms with Crippen molar-refractivity contribution < 1.29 is 14.4 Å². The summed E-state index contributed by atoms with van der Waals surface area (Å²) in [5.74, 6) is -0.354. The maximum absolute atomic E-state index is 10.0. The molecule has 0 aliphatic heterocycles. The first kappa shape index (κ1) is 8.97. The quantitative estimate of drug-likeness (QED) is 0.265. The number of nitrogens with two attached hydrogens (primary N) is 1. The fraction of sp³-hybridized carbons (Fsp3) is 0.500. The summed E-state index contributed by atoms with van der Waals surface area (Å²) < 4.78 is 10.0. The molecule has 7 heteroatoms. The van der Waals surface area contributed by atoms with Crippen LogP contribution in [-0.4, -0.2) is 21.4 Å².